The van der Waals surface area contributed by atoms with E-state index in [-0.39, 0.29) is 10.0 Å². The van der Waals surface area contributed by atoms with E-state index in [1.165, 1.54) is 15.2 Å². The first-order valence-corrected chi connectivity index (χ1v) is 7.71. The van der Waals surface area contributed by atoms with E-state index in [2.05, 4.69) is 11.2 Å². The molecule has 0 bridgehead atoms. The van der Waals surface area contributed by atoms with Gasteiger partial charge in [0.1, 0.15) is 0 Å². The Morgan fingerprint density at radius 2 is 2.05 bits per heavy atom. The fraction of sp³-hybridized carbons (Fsp3) is 0.636. The van der Waals surface area contributed by atoms with Crippen LogP contribution in [0.25, 0.3) is 0 Å². The van der Waals surface area contributed by atoms with Crippen LogP contribution in [-0.4, -0.2) is 35.6 Å². The molecule has 19 heavy (non-hydrogen) atoms. The number of piperidine rings is 1. The van der Waals surface area contributed by atoms with Gasteiger partial charge in [-0.25, -0.2) is 8.42 Å². The number of halogens is 1. The third-order valence-electron chi connectivity index (χ3n) is 3.52. The van der Waals surface area contributed by atoms with E-state index >= 15 is 0 Å². The fourth-order valence-corrected chi connectivity index (χ4v) is 4.19. The van der Waals surface area contributed by atoms with Crippen molar-refractivity contribution in [1.29, 1.82) is 5.26 Å². The molecule has 2 heterocycles. The van der Waals surface area contributed by atoms with Gasteiger partial charge in [-0.2, -0.15) is 14.7 Å². The van der Waals surface area contributed by atoms with Crippen LogP contribution >= 0.6 is 11.6 Å². The smallest absolute Gasteiger partial charge is 0.255 e. The minimum atomic E-state index is -3.65. The number of hydrogen-bond acceptors (Lipinski definition) is 4. The molecule has 0 radical (unpaired) electrons. The molecule has 1 aliphatic heterocycles. The van der Waals surface area contributed by atoms with Gasteiger partial charge in [0, 0.05) is 20.1 Å². The van der Waals surface area contributed by atoms with Crippen LogP contribution in [0.5, 0.6) is 0 Å². The van der Waals surface area contributed by atoms with Crippen LogP contribution < -0.4 is 0 Å². The van der Waals surface area contributed by atoms with E-state index in [1.807, 2.05) is 6.92 Å². The zero-order valence-electron chi connectivity index (χ0n) is 10.8. The normalized spacial score (nSPS) is 20.1. The highest BCUT2D eigenvalue weighted by Crippen LogP contribution is 2.33. The third-order valence-corrected chi connectivity index (χ3v) is 5.93. The lowest BCUT2D eigenvalue weighted by molar-refractivity contribution is 0.231. The van der Waals surface area contributed by atoms with E-state index in [0.29, 0.717) is 25.9 Å². The summed E-state index contributed by atoms with van der Waals surface area (Å²) in [6.45, 7) is 2.51. The van der Waals surface area contributed by atoms with Crippen molar-refractivity contribution in [3.05, 3.63) is 11.2 Å². The van der Waals surface area contributed by atoms with Gasteiger partial charge >= 0.3 is 0 Å². The minimum Gasteiger partial charge on any atom is -0.255 e. The zero-order chi connectivity index (χ0) is 14.3. The highest BCUT2D eigenvalue weighted by atomic mass is 35.5. The first kappa shape index (κ1) is 14.3. The molecule has 1 aromatic heterocycles. The van der Waals surface area contributed by atoms with Crippen LogP contribution in [0.2, 0.25) is 5.02 Å². The number of aryl methyl sites for hydroxylation is 1. The third kappa shape index (κ3) is 2.48. The Morgan fingerprint density at radius 1 is 1.47 bits per heavy atom. The van der Waals surface area contributed by atoms with Gasteiger partial charge in [0.2, 0.25) is 0 Å². The lowest BCUT2D eigenvalue weighted by Gasteiger charge is -2.33. The minimum absolute atomic E-state index is 0.00901. The Labute approximate surface area is 117 Å². The molecule has 0 aliphatic carbocycles. The Hall–Kier alpha value is -1.10. The van der Waals surface area contributed by atoms with Crippen LogP contribution in [0.4, 0.5) is 0 Å². The van der Waals surface area contributed by atoms with Crippen LogP contribution in [0, 0.1) is 16.7 Å². The van der Waals surface area contributed by atoms with E-state index in [1.54, 1.807) is 7.05 Å². The fourth-order valence-electron chi connectivity index (χ4n) is 2.14. The largest absolute Gasteiger partial charge is 0.261 e. The summed E-state index contributed by atoms with van der Waals surface area (Å²) >= 11 is 5.89. The van der Waals surface area contributed by atoms with Crippen molar-refractivity contribution in [2.24, 2.45) is 12.5 Å². The van der Waals surface area contributed by atoms with Crippen LogP contribution in [-0.2, 0) is 17.1 Å². The highest BCUT2D eigenvalue weighted by Gasteiger charge is 2.37. The predicted octanol–water partition coefficient (Wildman–Crippen LogP) is 1.39. The quantitative estimate of drug-likeness (QED) is 0.827. The summed E-state index contributed by atoms with van der Waals surface area (Å²) in [4.78, 5) is 0. The maximum absolute atomic E-state index is 12.5. The molecule has 0 saturated carbocycles. The maximum atomic E-state index is 12.5. The second kappa shape index (κ2) is 4.78. The van der Waals surface area contributed by atoms with Crippen molar-refractivity contribution in [1.82, 2.24) is 14.1 Å². The number of rotatable bonds is 2. The molecule has 0 unspecified atom stereocenters. The molecule has 104 valence electrons. The number of nitriles is 1. The molecule has 6 nitrogen and oxygen atoms in total. The maximum Gasteiger partial charge on any atom is 0.261 e. The number of sulfonamides is 1. The summed E-state index contributed by atoms with van der Waals surface area (Å²) in [6, 6.07) is 2.24. The highest BCUT2D eigenvalue weighted by molar-refractivity contribution is 7.89. The Balaban J connectivity index is 2.27. The molecule has 0 atom stereocenters. The van der Waals surface area contributed by atoms with Gasteiger partial charge in [0.25, 0.3) is 10.0 Å². The molecular weight excluding hydrogens is 288 g/mol. The van der Waals surface area contributed by atoms with Crippen molar-refractivity contribution in [3.8, 4) is 6.07 Å². The second-order valence-electron chi connectivity index (χ2n) is 5.00. The number of aromatic nitrogens is 2. The van der Waals surface area contributed by atoms with Crippen molar-refractivity contribution >= 4 is 21.6 Å². The van der Waals surface area contributed by atoms with Gasteiger partial charge in [-0.1, -0.05) is 11.6 Å². The molecule has 1 aromatic rings. The predicted molar refractivity (Wildman–Crippen MR) is 69.9 cm³/mol. The summed E-state index contributed by atoms with van der Waals surface area (Å²) in [7, 11) is -2.10. The van der Waals surface area contributed by atoms with E-state index in [0.717, 1.165) is 0 Å². The summed E-state index contributed by atoms with van der Waals surface area (Å²) in [5.74, 6) is 0. The van der Waals surface area contributed by atoms with Gasteiger partial charge < -0.3 is 0 Å². The van der Waals surface area contributed by atoms with Gasteiger partial charge in [-0.05, 0) is 19.8 Å². The number of nitrogens with zero attached hydrogens (tertiary/aromatic N) is 4. The lowest BCUT2D eigenvalue weighted by atomic mass is 9.83. The van der Waals surface area contributed by atoms with Crippen molar-refractivity contribution in [2.45, 2.75) is 24.8 Å². The van der Waals surface area contributed by atoms with Crippen molar-refractivity contribution in [3.63, 3.8) is 0 Å². The van der Waals surface area contributed by atoms with Crippen LogP contribution in [0.15, 0.2) is 11.2 Å². The molecule has 1 fully saturated rings. The molecule has 0 spiro atoms. The first-order chi connectivity index (χ1) is 8.80. The first-order valence-electron chi connectivity index (χ1n) is 5.89. The average Bonchev–Trinajstić information content (AvgIpc) is 2.70. The van der Waals surface area contributed by atoms with E-state index in [9.17, 15) is 8.42 Å². The Morgan fingerprint density at radius 3 is 2.47 bits per heavy atom. The van der Waals surface area contributed by atoms with Gasteiger partial charge in [-0.3, -0.25) is 4.68 Å². The standard InChI is InChI=1S/C11H15ClN4O2S/c1-11(8-13)3-5-16(6-4-11)19(17,18)10-9(12)7-14-15(10)2/h7H,3-6H2,1-2H3. The Bertz CT molecular complexity index is 604. The summed E-state index contributed by atoms with van der Waals surface area (Å²) < 4.78 is 27.6. The molecule has 0 aromatic carbocycles. The summed E-state index contributed by atoms with van der Waals surface area (Å²) in [6.07, 6.45) is 2.37. The summed E-state index contributed by atoms with van der Waals surface area (Å²) in [5.41, 5.74) is -0.442. The monoisotopic (exact) mass is 302 g/mol. The second-order valence-corrected chi connectivity index (χ2v) is 7.26. The zero-order valence-corrected chi connectivity index (χ0v) is 12.4. The molecule has 0 amide bonds. The van der Waals surface area contributed by atoms with E-state index < -0.39 is 15.4 Å². The average molecular weight is 303 g/mol. The van der Waals surface area contributed by atoms with Crippen molar-refractivity contribution in [2.75, 3.05) is 13.1 Å². The van der Waals surface area contributed by atoms with Gasteiger partial charge in [-0.15, -0.1) is 0 Å². The molecule has 2 rings (SSSR count). The molecule has 0 N–H and O–H groups in total. The molecule has 1 aliphatic rings. The van der Waals surface area contributed by atoms with Crippen LogP contribution in [0.3, 0.4) is 0 Å². The van der Waals surface area contributed by atoms with E-state index in [4.69, 9.17) is 16.9 Å². The van der Waals surface area contributed by atoms with Crippen LogP contribution in [0.1, 0.15) is 19.8 Å². The lowest BCUT2D eigenvalue weighted by Crippen LogP contribution is -2.42. The topological polar surface area (TPSA) is 79.0 Å². The Kier molecular flexibility index (Phi) is 3.60. The SMILES string of the molecule is Cn1ncc(Cl)c1S(=O)(=O)N1CCC(C)(C#N)CC1. The summed E-state index contributed by atoms with van der Waals surface area (Å²) in [5, 5.41) is 13.0. The van der Waals surface area contributed by atoms with Gasteiger partial charge in [0.05, 0.1) is 22.7 Å². The molecule has 1 saturated heterocycles. The van der Waals surface area contributed by atoms with Gasteiger partial charge in [0.15, 0.2) is 5.03 Å². The number of hydrogen-bond donors (Lipinski definition) is 0. The molecule has 8 heteroatoms. The van der Waals surface area contributed by atoms with Crippen molar-refractivity contribution < 1.29 is 8.42 Å². The molecular formula is C11H15ClN4O2S.